The Labute approximate surface area is 102 Å². The number of ketones is 1. The van der Waals surface area contributed by atoms with Crippen LogP contribution in [0.1, 0.15) is 49.9 Å². The third kappa shape index (κ3) is 2.65. The lowest BCUT2D eigenvalue weighted by Crippen LogP contribution is -2.26. The standard InChI is InChI=1S/C14H20N2O/c1-14(2)6-3-10(4-7-14)13(17)11-9-16-8-5-12(11)15/h5,8-10H,3-4,6-7H2,1-2H3,(H2,15,16). The maximum Gasteiger partial charge on any atom is 0.169 e. The number of aromatic nitrogens is 1. The second kappa shape index (κ2) is 4.47. The summed E-state index contributed by atoms with van der Waals surface area (Å²) in [6, 6.07) is 1.69. The summed E-state index contributed by atoms with van der Waals surface area (Å²) in [6.45, 7) is 4.54. The van der Waals surface area contributed by atoms with Gasteiger partial charge in [-0.1, -0.05) is 13.8 Å². The highest BCUT2D eigenvalue weighted by atomic mass is 16.1. The molecule has 0 atom stereocenters. The summed E-state index contributed by atoms with van der Waals surface area (Å²) in [6.07, 6.45) is 7.39. The summed E-state index contributed by atoms with van der Waals surface area (Å²) in [4.78, 5) is 16.3. The molecule has 0 saturated heterocycles. The molecule has 0 aromatic carbocycles. The molecule has 0 unspecified atom stereocenters. The lowest BCUT2D eigenvalue weighted by atomic mass is 9.71. The first-order chi connectivity index (χ1) is 7.99. The quantitative estimate of drug-likeness (QED) is 0.797. The predicted molar refractivity (Wildman–Crippen MR) is 68.7 cm³/mol. The largest absolute Gasteiger partial charge is 0.398 e. The highest BCUT2D eigenvalue weighted by Gasteiger charge is 2.31. The van der Waals surface area contributed by atoms with Crippen LogP contribution in [0, 0.1) is 11.3 Å². The first-order valence-electron chi connectivity index (χ1n) is 6.23. The lowest BCUT2D eigenvalue weighted by molar-refractivity contribution is 0.0838. The molecule has 1 fully saturated rings. The number of hydrogen-bond acceptors (Lipinski definition) is 3. The number of anilines is 1. The Kier molecular flexibility index (Phi) is 3.18. The summed E-state index contributed by atoms with van der Waals surface area (Å²) in [7, 11) is 0. The minimum Gasteiger partial charge on any atom is -0.398 e. The Morgan fingerprint density at radius 2 is 2.06 bits per heavy atom. The molecule has 0 spiro atoms. The van der Waals surface area contributed by atoms with Crippen molar-refractivity contribution in [1.82, 2.24) is 4.98 Å². The summed E-state index contributed by atoms with van der Waals surface area (Å²) in [5.41, 5.74) is 7.35. The second-order valence-corrected chi connectivity index (χ2v) is 5.77. The van der Waals surface area contributed by atoms with Gasteiger partial charge in [0, 0.05) is 24.0 Å². The smallest absolute Gasteiger partial charge is 0.169 e. The van der Waals surface area contributed by atoms with Crippen LogP contribution in [0.5, 0.6) is 0 Å². The van der Waals surface area contributed by atoms with Crippen LogP contribution in [0.15, 0.2) is 18.5 Å². The van der Waals surface area contributed by atoms with Gasteiger partial charge in [0.25, 0.3) is 0 Å². The topological polar surface area (TPSA) is 56.0 Å². The van der Waals surface area contributed by atoms with Crippen LogP contribution in [-0.4, -0.2) is 10.8 Å². The van der Waals surface area contributed by atoms with Gasteiger partial charge < -0.3 is 5.73 Å². The Morgan fingerprint density at radius 1 is 1.41 bits per heavy atom. The van der Waals surface area contributed by atoms with Crippen LogP contribution < -0.4 is 5.73 Å². The summed E-state index contributed by atoms with van der Waals surface area (Å²) >= 11 is 0. The van der Waals surface area contributed by atoms with E-state index in [1.54, 1.807) is 18.5 Å². The number of nitrogens with zero attached hydrogens (tertiary/aromatic N) is 1. The summed E-state index contributed by atoms with van der Waals surface area (Å²) in [5.74, 6) is 0.306. The number of pyridine rings is 1. The fraction of sp³-hybridized carbons (Fsp3) is 0.571. The Balaban J connectivity index is 2.10. The number of hydrogen-bond donors (Lipinski definition) is 1. The number of carbonyl (C=O) groups excluding carboxylic acids is 1. The SMILES string of the molecule is CC1(C)CCC(C(=O)c2cnccc2N)CC1. The molecule has 1 aromatic heterocycles. The van der Waals surface area contributed by atoms with E-state index in [0.29, 0.717) is 16.7 Å². The number of Topliss-reactive ketones (excluding diaryl/α,β-unsaturated/α-hetero) is 1. The van der Waals surface area contributed by atoms with E-state index in [2.05, 4.69) is 18.8 Å². The molecular weight excluding hydrogens is 212 g/mol. The molecule has 0 bridgehead atoms. The van der Waals surface area contributed by atoms with E-state index >= 15 is 0 Å². The Bertz CT molecular complexity index is 416. The van der Waals surface area contributed by atoms with E-state index < -0.39 is 0 Å². The third-order valence-corrected chi connectivity index (χ3v) is 3.83. The molecule has 2 rings (SSSR count). The molecule has 1 saturated carbocycles. The molecule has 1 heterocycles. The van der Waals surface area contributed by atoms with Crippen LogP contribution in [0.3, 0.4) is 0 Å². The number of rotatable bonds is 2. The molecule has 0 aliphatic heterocycles. The third-order valence-electron chi connectivity index (χ3n) is 3.83. The fourth-order valence-electron chi connectivity index (χ4n) is 2.49. The number of nitrogens with two attached hydrogens (primary N) is 1. The molecule has 3 nitrogen and oxygen atoms in total. The zero-order chi connectivity index (χ0) is 12.5. The van der Waals surface area contributed by atoms with Gasteiger partial charge in [0.2, 0.25) is 0 Å². The van der Waals surface area contributed by atoms with E-state index in [1.807, 2.05) is 0 Å². The molecule has 92 valence electrons. The van der Waals surface area contributed by atoms with Crippen LogP contribution >= 0.6 is 0 Å². The van der Waals surface area contributed by atoms with Crippen LogP contribution in [0.2, 0.25) is 0 Å². The molecule has 2 N–H and O–H groups in total. The fourth-order valence-corrected chi connectivity index (χ4v) is 2.49. The van der Waals surface area contributed by atoms with Gasteiger partial charge in [-0.15, -0.1) is 0 Å². The average molecular weight is 232 g/mol. The number of nitrogen functional groups attached to an aromatic ring is 1. The van der Waals surface area contributed by atoms with Crippen molar-refractivity contribution in [3.05, 3.63) is 24.0 Å². The van der Waals surface area contributed by atoms with E-state index in [1.165, 1.54) is 0 Å². The molecular formula is C14H20N2O. The molecule has 1 aliphatic rings. The van der Waals surface area contributed by atoms with Crippen LogP contribution in [-0.2, 0) is 0 Å². The average Bonchev–Trinajstić information content (AvgIpc) is 2.29. The van der Waals surface area contributed by atoms with Crippen molar-refractivity contribution >= 4 is 11.5 Å². The van der Waals surface area contributed by atoms with Gasteiger partial charge in [0.1, 0.15) is 0 Å². The van der Waals surface area contributed by atoms with Crippen molar-refractivity contribution < 1.29 is 4.79 Å². The van der Waals surface area contributed by atoms with Crippen LogP contribution in [0.25, 0.3) is 0 Å². The van der Waals surface area contributed by atoms with Crippen molar-refractivity contribution in [2.75, 3.05) is 5.73 Å². The van der Waals surface area contributed by atoms with Gasteiger partial charge in [-0.2, -0.15) is 0 Å². The van der Waals surface area contributed by atoms with Gasteiger partial charge in [-0.25, -0.2) is 0 Å². The second-order valence-electron chi connectivity index (χ2n) is 5.77. The first kappa shape index (κ1) is 12.1. The molecule has 0 amide bonds. The van der Waals surface area contributed by atoms with Gasteiger partial charge in [0.15, 0.2) is 5.78 Å². The van der Waals surface area contributed by atoms with E-state index in [0.717, 1.165) is 25.7 Å². The lowest BCUT2D eigenvalue weighted by Gasteiger charge is -2.33. The normalized spacial score (nSPS) is 20.1. The van der Waals surface area contributed by atoms with Crippen molar-refractivity contribution in [3.8, 4) is 0 Å². The van der Waals surface area contributed by atoms with E-state index in [4.69, 9.17) is 5.73 Å². The molecule has 17 heavy (non-hydrogen) atoms. The van der Waals surface area contributed by atoms with Gasteiger partial charge in [-0.05, 0) is 37.2 Å². The van der Waals surface area contributed by atoms with E-state index in [-0.39, 0.29) is 11.7 Å². The highest BCUT2D eigenvalue weighted by molar-refractivity contribution is 6.01. The van der Waals surface area contributed by atoms with Crippen molar-refractivity contribution in [1.29, 1.82) is 0 Å². The maximum atomic E-state index is 12.3. The highest BCUT2D eigenvalue weighted by Crippen LogP contribution is 2.39. The van der Waals surface area contributed by atoms with Gasteiger partial charge in [-0.3, -0.25) is 9.78 Å². The summed E-state index contributed by atoms with van der Waals surface area (Å²) < 4.78 is 0. The van der Waals surface area contributed by atoms with Crippen molar-refractivity contribution in [3.63, 3.8) is 0 Å². The minimum absolute atomic E-state index is 0.134. The zero-order valence-electron chi connectivity index (χ0n) is 10.6. The van der Waals surface area contributed by atoms with Crippen LogP contribution in [0.4, 0.5) is 5.69 Å². The summed E-state index contributed by atoms with van der Waals surface area (Å²) in [5, 5.41) is 0. The molecule has 0 radical (unpaired) electrons. The molecule has 1 aliphatic carbocycles. The van der Waals surface area contributed by atoms with Crippen molar-refractivity contribution in [2.45, 2.75) is 39.5 Å². The monoisotopic (exact) mass is 232 g/mol. The van der Waals surface area contributed by atoms with Gasteiger partial charge >= 0.3 is 0 Å². The molecule has 1 aromatic rings. The predicted octanol–water partition coefficient (Wildman–Crippen LogP) is 3.06. The minimum atomic E-state index is 0.134. The van der Waals surface area contributed by atoms with Gasteiger partial charge in [0.05, 0.1) is 5.56 Å². The van der Waals surface area contributed by atoms with Crippen molar-refractivity contribution in [2.24, 2.45) is 11.3 Å². The maximum absolute atomic E-state index is 12.3. The van der Waals surface area contributed by atoms with E-state index in [9.17, 15) is 4.79 Å². The zero-order valence-corrected chi connectivity index (χ0v) is 10.6. The number of carbonyl (C=O) groups is 1. The Morgan fingerprint density at radius 3 is 2.65 bits per heavy atom. The Hall–Kier alpha value is -1.38. The molecule has 3 heteroatoms. The first-order valence-corrected chi connectivity index (χ1v) is 6.23.